The number of hydrogen-bond acceptors (Lipinski definition) is 2. The number of pyridine rings is 1. The minimum Gasteiger partial charge on any atom is -0.454 e. The normalized spacial score (nSPS) is 10.8. The summed E-state index contributed by atoms with van der Waals surface area (Å²) in [5.74, 6) is 0.895. The fourth-order valence-corrected chi connectivity index (χ4v) is 1.84. The van der Waals surface area contributed by atoms with Gasteiger partial charge in [0.1, 0.15) is 5.76 Å². The summed E-state index contributed by atoms with van der Waals surface area (Å²) in [4.78, 5) is 4.13. The topological polar surface area (TPSA) is 26.0 Å². The third-order valence-corrected chi connectivity index (χ3v) is 2.70. The van der Waals surface area contributed by atoms with E-state index in [0.29, 0.717) is 0 Å². The second-order valence-corrected chi connectivity index (χ2v) is 3.84. The van der Waals surface area contributed by atoms with E-state index >= 15 is 0 Å². The quantitative estimate of drug-likeness (QED) is 0.609. The maximum atomic E-state index is 5.77. The zero-order chi connectivity index (χ0) is 11.0. The van der Waals surface area contributed by atoms with E-state index in [1.54, 1.807) is 6.20 Å². The van der Waals surface area contributed by atoms with Crippen LogP contribution in [0.5, 0.6) is 0 Å². The number of furan rings is 1. The van der Waals surface area contributed by atoms with Crippen molar-refractivity contribution < 1.29 is 4.42 Å². The Hall–Kier alpha value is -2.09. The summed E-state index contributed by atoms with van der Waals surface area (Å²) in [6.07, 6.45) is 3.61. The summed E-state index contributed by atoms with van der Waals surface area (Å²) < 4.78 is 5.77. The summed E-state index contributed by atoms with van der Waals surface area (Å²) >= 11 is 0. The zero-order valence-corrected chi connectivity index (χ0v) is 8.97. The molecule has 0 amide bonds. The summed E-state index contributed by atoms with van der Waals surface area (Å²) in [6, 6.07) is 12.2. The average molecular weight is 209 g/mol. The van der Waals surface area contributed by atoms with Crippen LogP contribution in [0.15, 0.2) is 53.2 Å². The van der Waals surface area contributed by atoms with Gasteiger partial charge in [-0.15, -0.1) is 0 Å². The van der Waals surface area contributed by atoms with E-state index in [9.17, 15) is 0 Å². The van der Waals surface area contributed by atoms with Crippen LogP contribution in [0, 0.1) is 6.92 Å². The van der Waals surface area contributed by atoms with Gasteiger partial charge >= 0.3 is 0 Å². The molecular weight excluding hydrogens is 198 g/mol. The third-order valence-electron chi connectivity index (χ3n) is 2.70. The molecule has 2 heterocycles. The molecule has 78 valence electrons. The lowest BCUT2D eigenvalue weighted by Crippen LogP contribution is -1.74. The molecule has 2 aromatic heterocycles. The number of nitrogens with zero attached hydrogens (tertiary/aromatic N) is 1. The van der Waals surface area contributed by atoms with Crippen molar-refractivity contribution in [1.29, 1.82) is 0 Å². The van der Waals surface area contributed by atoms with Gasteiger partial charge in [0.15, 0.2) is 5.58 Å². The first kappa shape index (κ1) is 9.16. The van der Waals surface area contributed by atoms with Gasteiger partial charge in [-0.1, -0.05) is 30.3 Å². The first-order valence-corrected chi connectivity index (χ1v) is 5.24. The molecule has 0 N–H and O–H groups in total. The van der Waals surface area contributed by atoms with E-state index in [2.05, 4.69) is 11.1 Å². The van der Waals surface area contributed by atoms with Gasteiger partial charge in [-0.25, -0.2) is 0 Å². The average Bonchev–Trinajstić information content (AvgIpc) is 2.76. The molecule has 3 aromatic rings. The SMILES string of the molecule is Cc1cncc2oc(-c3ccccc3)cc12. The Morgan fingerprint density at radius 3 is 2.62 bits per heavy atom. The summed E-state index contributed by atoms with van der Waals surface area (Å²) in [6.45, 7) is 2.04. The van der Waals surface area contributed by atoms with Crippen LogP contribution in [0.4, 0.5) is 0 Å². The van der Waals surface area contributed by atoms with Gasteiger partial charge in [0.2, 0.25) is 0 Å². The molecule has 0 aliphatic carbocycles. The highest BCUT2D eigenvalue weighted by molar-refractivity contribution is 5.84. The molecule has 0 saturated heterocycles. The number of aryl methyl sites for hydroxylation is 1. The monoisotopic (exact) mass is 209 g/mol. The Balaban J connectivity index is 2.23. The van der Waals surface area contributed by atoms with E-state index in [-0.39, 0.29) is 0 Å². The van der Waals surface area contributed by atoms with Crippen LogP contribution in [0.3, 0.4) is 0 Å². The molecule has 0 radical (unpaired) electrons. The van der Waals surface area contributed by atoms with Crippen LogP contribution in [-0.4, -0.2) is 4.98 Å². The molecule has 0 saturated carbocycles. The highest BCUT2D eigenvalue weighted by Crippen LogP contribution is 2.28. The van der Waals surface area contributed by atoms with Crippen LogP contribution >= 0.6 is 0 Å². The van der Waals surface area contributed by atoms with E-state index < -0.39 is 0 Å². The predicted octanol–water partition coefficient (Wildman–Crippen LogP) is 3.80. The van der Waals surface area contributed by atoms with Crippen molar-refractivity contribution in [3.63, 3.8) is 0 Å². The van der Waals surface area contributed by atoms with Gasteiger partial charge in [-0.05, 0) is 18.6 Å². The maximum absolute atomic E-state index is 5.77. The van der Waals surface area contributed by atoms with Crippen LogP contribution in [-0.2, 0) is 0 Å². The van der Waals surface area contributed by atoms with Gasteiger partial charge in [-0.2, -0.15) is 0 Å². The zero-order valence-electron chi connectivity index (χ0n) is 8.97. The lowest BCUT2D eigenvalue weighted by atomic mass is 10.1. The van der Waals surface area contributed by atoms with Gasteiger partial charge < -0.3 is 4.42 Å². The molecule has 0 aliphatic rings. The Morgan fingerprint density at radius 1 is 1.06 bits per heavy atom. The minimum atomic E-state index is 0.846. The maximum Gasteiger partial charge on any atom is 0.153 e. The first-order chi connectivity index (χ1) is 7.84. The largest absolute Gasteiger partial charge is 0.454 e. The molecule has 2 nitrogen and oxygen atoms in total. The molecule has 2 heteroatoms. The Labute approximate surface area is 93.5 Å². The molecular formula is C14H11NO. The Bertz CT molecular complexity index is 626. The third kappa shape index (κ3) is 1.39. The summed E-state index contributed by atoms with van der Waals surface area (Å²) in [5.41, 5.74) is 3.08. The highest BCUT2D eigenvalue weighted by atomic mass is 16.3. The van der Waals surface area contributed by atoms with Crippen molar-refractivity contribution in [3.8, 4) is 11.3 Å². The fourth-order valence-electron chi connectivity index (χ4n) is 1.84. The highest BCUT2D eigenvalue weighted by Gasteiger charge is 2.07. The number of hydrogen-bond donors (Lipinski definition) is 0. The predicted molar refractivity (Wildman–Crippen MR) is 64.2 cm³/mol. The molecule has 0 atom stereocenters. The second kappa shape index (κ2) is 3.49. The van der Waals surface area contributed by atoms with Crippen molar-refractivity contribution in [2.24, 2.45) is 0 Å². The van der Waals surface area contributed by atoms with E-state index in [0.717, 1.165) is 27.9 Å². The van der Waals surface area contributed by atoms with Gasteiger partial charge in [0, 0.05) is 17.1 Å². The second-order valence-electron chi connectivity index (χ2n) is 3.84. The van der Waals surface area contributed by atoms with Crippen LogP contribution in [0.2, 0.25) is 0 Å². The van der Waals surface area contributed by atoms with E-state index in [1.165, 1.54) is 0 Å². The summed E-state index contributed by atoms with van der Waals surface area (Å²) in [7, 11) is 0. The van der Waals surface area contributed by atoms with E-state index in [1.807, 2.05) is 43.5 Å². The van der Waals surface area contributed by atoms with Crippen LogP contribution in [0.1, 0.15) is 5.56 Å². The Morgan fingerprint density at radius 2 is 1.88 bits per heavy atom. The lowest BCUT2D eigenvalue weighted by molar-refractivity contribution is 0.630. The lowest BCUT2D eigenvalue weighted by Gasteiger charge is -1.93. The molecule has 16 heavy (non-hydrogen) atoms. The molecule has 0 aliphatic heterocycles. The summed E-state index contributed by atoms with van der Waals surface area (Å²) in [5, 5.41) is 1.13. The number of aromatic nitrogens is 1. The van der Waals surface area contributed by atoms with Crippen molar-refractivity contribution in [3.05, 3.63) is 54.4 Å². The minimum absolute atomic E-state index is 0.846. The molecule has 0 bridgehead atoms. The van der Waals surface area contributed by atoms with Crippen LogP contribution < -0.4 is 0 Å². The first-order valence-electron chi connectivity index (χ1n) is 5.24. The molecule has 0 unspecified atom stereocenters. The number of benzene rings is 1. The van der Waals surface area contributed by atoms with Crippen molar-refractivity contribution >= 4 is 11.0 Å². The smallest absolute Gasteiger partial charge is 0.153 e. The number of rotatable bonds is 1. The fraction of sp³-hybridized carbons (Fsp3) is 0.0714. The molecule has 0 spiro atoms. The standard InChI is InChI=1S/C14H11NO/c1-10-8-15-9-14-12(10)7-13(16-14)11-5-3-2-4-6-11/h2-9H,1H3. The van der Waals surface area contributed by atoms with Gasteiger partial charge in [0.05, 0.1) is 6.20 Å². The van der Waals surface area contributed by atoms with Gasteiger partial charge in [0.25, 0.3) is 0 Å². The van der Waals surface area contributed by atoms with E-state index in [4.69, 9.17) is 4.42 Å². The molecule has 0 fully saturated rings. The van der Waals surface area contributed by atoms with Crippen molar-refractivity contribution in [2.45, 2.75) is 6.92 Å². The van der Waals surface area contributed by atoms with Gasteiger partial charge in [-0.3, -0.25) is 4.98 Å². The van der Waals surface area contributed by atoms with Crippen molar-refractivity contribution in [2.75, 3.05) is 0 Å². The molecule has 3 rings (SSSR count). The van der Waals surface area contributed by atoms with Crippen LogP contribution in [0.25, 0.3) is 22.3 Å². The number of fused-ring (bicyclic) bond motifs is 1. The Kier molecular flexibility index (Phi) is 2.00. The molecule has 1 aromatic carbocycles. The van der Waals surface area contributed by atoms with Crippen molar-refractivity contribution in [1.82, 2.24) is 4.98 Å².